The van der Waals surface area contributed by atoms with Gasteiger partial charge >= 0.3 is 0 Å². The average molecular weight is 370 g/mol. The molecule has 28 heavy (non-hydrogen) atoms. The lowest BCUT2D eigenvalue weighted by atomic mass is 10.0. The summed E-state index contributed by atoms with van der Waals surface area (Å²) < 4.78 is 5.14. The van der Waals surface area contributed by atoms with E-state index in [2.05, 4.69) is 10.3 Å². The molecule has 0 spiro atoms. The van der Waals surface area contributed by atoms with Gasteiger partial charge in [-0.3, -0.25) is 9.59 Å². The Hall–Kier alpha value is -3.86. The van der Waals surface area contributed by atoms with E-state index in [-0.39, 0.29) is 5.56 Å². The number of aromatic nitrogens is 1. The molecule has 0 bridgehead atoms. The van der Waals surface area contributed by atoms with Gasteiger partial charge in [-0.2, -0.15) is 0 Å². The van der Waals surface area contributed by atoms with Crippen LogP contribution in [-0.2, 0) is 0 Å². The summed E-state index contributed by atoms with van der Waals surface area (Å²) in [4.78, 5) is 27.8. The zero-order chi connectivity index (χ0) is 19.5. The number of benzene rings is 3. The number of hydrogen-bond acceptors (Lipinski definition) is 3. The first kappa shape index (κ1) is 17.5. The lowest BCUT2D eigenvalue weighted by molar-refractivity contribution is 0.102. The third-order valence-corrected chi connectivity index (χ3v) is 4.54. The number of carbonyl (C=O) groups excluding carboxylic acids is 1. The Morgan fingerprint density at radius 3 is 2.50 bits per heavy atom. The van der Waals surface area contributed by atoms with Gasteiger partial charge in [-0.15, -0.1) is 0 Å². The number of H-pyrrole nitrogens is 1. The van der Waals surface area contributed by atoms with E-state index in [1.54, 1.807) is 43.5 Å². The van der Waals surface area contributed by atoms with Crippen LogP contribution in [0.25, 0.3) is 22.0 Å². The second kappa shape index (κ2) is 7.40. The van der Waals surface area contributed by atoms with Crippen molar-refractivity contribution in [3.63, 3.8) is 0 Å². The lowest BCUT2D eigenvalue weighted by Gasteiger charge is -2.08. The number of amides is 1. The van der Waals surface area contributed by atoms with Crippen LogP contribution < -0.4 is 15.6 Å². The van der Waals surface area contributed by atoms with Crippen molar-refractivity contribution < 1.29 is 9.53 Å². The van der Waals surface area contributed by atoms with E-state index in [9.17, 15) is 9.59 Å². The maximum absolute atomic E-state index is 12.5. The van der Waals surface area contributed by atoms with Crippen LogP contribution in [0.4, 0.5) is 5.69 Å². The number of pyridine rings is 1. The second-order valence-corrected chi connectivity index (χ2v) is 6.36. The number of methoxy groups -OCH3 is 1. The zero-order valence-corrected chi connectivity index (χ0v) is 15.2. The molecule has 138 valence electrons. The van der Waals surface area contributed by atoms with Gasteiger partial charge in [-0.25, -0.2) is 0 Å². The summed E-state index contributed by atoms with van der Waals surface area (Å²) in [6.07, 6.45) is 0. The minimum absolute atomic E-state index is 0.0485. The zero-order valence-electron chi connectivity index (χ0n) is 15.2. The standard InChI is InChI=1S/C23H18N2O3/c1-28-19-8-4-7-18(14-19)24-22(26)20-11-12-21(25-23(20)27)17-10-9-15-5-2-3-6-16(15)13-17/h2-14H,1H3,(H,24,26)(H,25,27). The lowest BCUT2D eigenvalue weighted by Crippen LogP contribution is -2.23. The summed E-state index contributed by atoms with van der Waals surface area (Å²) in [6.45, 7) is 0. The highest BCUT2D eigenvalue weighted by molar-refractivity contribution is 6.04. The maximum Gasteiger partial charge on any atom is 0.261 e. The molecule has 1 aromatic heterocycles. The predicted molar refractivity (Wildman–Crippen MR) is 111 cm³/mol. The van der Waals surface area contributed by atoms with Crippen LogP contribution in [0.3, 0.4) is 0 Å². The number of fused-ring (bicyclic) bond motifs is 1. The fraction of sp³-hybridized carbons (Fsp3) is 0.0435. The normalized spacial score (nSPS) is 10.6. The van der Waals surface area contributed by atoms with Crippen molar-refractivity contribution in [2.45, 2.75) is 0 Å². The Morgan fingerprint density at radius 1 is 0.893 bits per heavy atom. The van der Waals surface area contributed by atoms with Crippen molar-refractivity contribution in [3.8, 4) is 17.0 Å². The van der Waals surface area contributed by atoms with E-state index in [0.29, 0.717) is 17.1 Å². The molecule has 0 aliphatic heterocycles. The first-order chi connectivity index (χ1) is 13.6. The molecule has 1 amide bonds. The number of hydrogen-bond donors (Lipinski definition) is 2. The second-order valence-electron chi connectivity index (χ2n) is 6.36. The van der Waals surface area contributed by atoms with Crippen LogP contribution in [0.5, 0.6) is 5.75 Å². The molecule has 3 aromatic carbocycles. The van der Waals surface area contributed by atoms with Crippen molar-refractivity contribution >= 4 is 22.4 Å². The van der Waals surface area contributed by atoms with Crippen LogP contribution in [0.1, 0.15) is 10.4 Å². The number of nitrogens with one attached hydrogen (secondary N) is 2. The number of aromatic amines is 1. The molecule has 0 aliphatic rings. The number of rotatable bonds is 4. The van der Waals surface area contributed by atoms with E-state index in [0.717, 1.165) is 16.3 Å². The smallest absolute Gasteiger partial charge is 0.261 e. The molecule has 4 aromatic rings. The molecule has 1 heterocycles. The molecular weight excluding hydrogens is 352 g/mol. The van der Waals surface area contributed by atoms with Crippen LogP contribution >= 0.6 is 0 Å². The molecular formula is C23H18N2O3. The monoisotopic (exact) mass is 370 g/mol. The molecule has 0 aliphatic carbocycles. The van der Waals surface area contributed by atoms with Gasteiger partial charge < -0.3 is 15.0 Å². The van der Waals surface area contributed by atoms with E-state index in [4.69, 9.17) is 4.74 Å². The third kappa shape index (κ3) is 3.50. The van der Waals surface area contributed by atoms with E-state index >= 15 is 0 Å². The van der Waals surface area contributed by atoms with Gasteiger partial charge in [0.15, 0.2) is 0 Å². The maximum atomic E-state index is 12.5. The van der Waals surface area contributed by atoms with Crippen molar-refractivity contribution in [1.29, 1.82) is 0 Å². The molecule has 4 rings (SSSR count). The Bertz CT molecular complexity index is 1230. The van der Waals surface area contributed by atoms with Crippen molar-refractivity contribution in [2.75, 3.05) is 12.4 Å². The minimum Gasteiger partial charge on any atom is -0.497 e. The van der Waals surface area contributed by atoms with Crippen LogP contribution in [0.2, 0.25) is 0 Å². The van der Waals surface area contributed by atoms with Crippen LogP contribution in [-0.4, -0.2) is 18.0 Å². The van der Waals surface area contributed by atoms with Crippen molar-refractivity contribution in [1.82, 2.24) is 4.98 Å². The number of carbonyl (C=O) groups is 1. The summed E-state index contributed by atoms with van der Waals surface area (Å²) in [6, 6.07) is 24.2. The quantitative estimate of drug-likeness (QED) is 0.557. The number of anilines is 1. The van der Waals surface area contributed by atoms with Crippen molar-refractivity contribution in [2.24, 2.45) is 0 Å². The molecule has 0 fully saturated rings. The predicted octanol–water partition coefficient (Wildman–Crippen LogP) is 4.46. The highest BCUT2D eigenvalue weighted by Gasteiger charge is 2.12. The van der Waals surface area contributed by atoms with Crippen LogP contribution in [0, 0.1) is 0 Å². The van der Waals surface area contributed by atoms with E-state index in [1.165, 1.54) is 0 Å². The molecule has 0 unspecified atom stereocenters. The fourth-order valence-electron chi connectivity index (χ4n) is 3.08. The molecule has 2 N–H and O–H groups in total. The summed E-state index contributed by atoms with van der Waals surface area (Å²) in [5.74, 6) is 0.151. The third-order valence-electron chi connectivity index (χ3n) is 4.54. The van der Waals surface area contributed by atoms with E-state index < -0.39 is 11.5 Å². The van der Waals surface area contributed by atoms with Gasteiger partial charge in [-0.1, -0.05) is 42.5 Å². The Balaban J connectivity index is 1.61. The van der Waals surface area contributed by atoms with Crippen LogP contribution in [0.15, 0.2) is 83.7 Å². The summed E-state index contributed by atoms with van der Waals surface area (Å²) in [5.41, 5.74) is 1.71. The topological polar surface area (TPSA) is 71.2 Å². The SMILES string of the molecule is COc1cccc(NC(=O)c2ccc(-c3ccc4ccccc4c3)[nH]c2=O)c1. The Kier molecular flexibility index (Phi) is 4.64. The molecule has 0 atom stereocenters. The average Bonchev–Trinajstić information content (AvgIpc) is 2.73. The van der Waals surface area contributed by atoms with Crippen molar-refractivity contribution in [3.05, 3.63) is 94.8 Å². The highest BCUT2D eigenvalue weighted by Crippen LogP contribution is 2.23. The Morgan fingerprint density at radius 2 is 1.71 bits per heavy atom. The fourth-order valence-corrected chi connectivity index (χ4v) is 3.08. The van der Waals surface area contributed by atoms with Gasteiger partial charge in [-0.05, 0) is 46.7 Å². The summed E-state index contributed by atoms with van der Waals surface area (Å²) in [5, 5.41) is 4.93. The minimum atomic E-state index is -0.473. The summed E-state index contributed by atoms with van der Waals surface area (Å²) >= 11 is 0. The Labute approximate surface area is 161 Å². The van der Waals surface area contributed by atoms with Gasteiger partial charge in [0.1, 0.15) is 11.3 Å². The van der Waals surface area contributed by atoms with Gasteiger partial charge in [0.2, 0.25) is 0 Å². The first-order valence-corrected chi connectivity index (χ1v) is 8.82. The molecule has 5 heteroatoms. The molecule has 5 nitrogen and oxygen atoms in total. The van der Waals surface area contributed by atoms with Gasteiger partial charge in [0.25, 0.3) is 11.5 Å². The van der Waals surface area contributed by atoms with E-state index in [1.807, 2.05) is 42.5 Å². The van der Waals surface area contributed by atoms with Gasteiger partial charge in [0, 0.05) is 17.4 Å². The largest absolute Gasteiger partial charge is 0.497 e. The molecule has 0 radical (unpaired) electrons. The highest BCUT2D eigenvalue weighted by atomic mass is 16.5. The molecule has 0 saturated carbocycles. The number of ether oxygens (including phenoxy) is 1. The first-order valence-electron chi connectivity index (χ1n) is 8.82. The summed E-state index contributed by atoms with van der Waals surface area (Å²) in [7, 11) is 1.55. The molecule has 0 saturated heterocycles. The van der Waals surface area contributed by atoms with Gasteiger partial charge in [0.05, 0.1) is 7.11 Å².